The topological polar surface area (TPSA) is 111 Å². The highest BCUT2D eigenvalue weighted by Crippen LogP contribution is 2.30. The normalized spacial score (nSPS) is 14.0. The van der Waals surface area contributed by atoms with Crippen molar-refractivity contribution in [3.8, 4) is 11.5 Å². The fourth-order valence-electron chi connectivity index (χ4n) is 3.36. The van der Waals surface area contributed by atoms with Crippen molar-refractivity contribution < 1.29 is 33.4 Å². The van der Waals surface area contributed by atoms with E-state index in [4.69, 9.17) is 9.47 Å². The van der Waals surface area contributed by atoms with E-state index in [0.29, 0.717) is 22.4 Å². The summed E-state index contributed by atoms with van der Waals surface area (Å²) in [6.45, 7) is 0. The minimum atomic E-state index is -0.592. The van der Waals surface area contributed by atoms with Gasteiger partial charge in [-0.25, -0.2) is 14.6 Å². The predicted molar refractivity (Wildman–Crippen MR) is 126 cm³/mol. The molecule has 1 N–H and O–H groups in total. The van der Waals surface area contributed by atoms with Crippen LogP contribution < -0.4 is 19.9 Å². The van der Waals surface area contributed by atoms with Crippen LogP contribution in [0.1, 0.15) is 26.3 Å². The summed E-state index contributed by atoms with van der Waals surface area (Å²) in [7, 11) is 2.69. The molecular weight excluding hydrogens is 452 g/mol. The lowest BCUT2D eigenvalue weighted by Crippen LogP contribution is -2.35. The van der Waals surface area contributed by atoms with Crippen molar-refractivity contribution in [3.63, 3.8) is 0 Å². The van der Waals surface area contributed by atoms with Crippen molar-refractivity contribution in [2.45, 2.75) is 0 Å². The van der Waals surface area contributed by atoms with Crippen LogP contribution in [0.2, 0.25) is 0 Å². The molecule has 0 atom stereocenters. The number of nitrogens with one attached hydrogen (secondary N) is 1. The Bertz CT molecular complexity index is 1330. The summed E-state index contributed by atoms with van der Waals surface area (Å²) in [5.74, 6) is -1.78. The average Bonchev–Trinajstić information content (AvgIpc) is 3.17. The van der Waals surface area contributed by atoms with Gasteiger partial charge in [-0.3, -0.25) is 15.0 Å². The van der Waals surface area contributed by atoms with Gasteiger partial charge in [-0.2, -0.15) is 0 Å². The van der Waals surface area contributed by atoms with Gasteiger partial charge in [0.2, 0.25) is 0 Å². The van der Waals surface area contributed by atoms with Crippen LogP contribution in [0.3, 0.4) is 0 Å². The average molecular weight is 472 g/mol. The summed E-state index contributed by atoms with van der Waals surface area (Å²) in [5, 5.41) is 1.09. The number of hydrogen-bond acceptors (Lipinski definition) is 7. The smallest absolute Gasteiger partial charge is 0.343 e. The van der Waals surface area contributed by atoms with Crippen LogP contribution in [0.5, 0.6) is 11.5 Å². The van der Waals surface area contributed by atoms with Crippen molar-refractivity contribution >= 4 is 35.5 Å². The Morgan fingerprint density at radius 1 is 0.829 bits per heavy atom. The monoisotopic (exact) mass is 472 g/mol. The van der Waals surface area contributed by atoms with Crippen molar-refractivity contribution in [3.05, 3.63) is 95.1 Å². The maximum absolute atomic E-state index is 12.9. The zero-order valence-corrected chi connectivity index (χ0v) is 18.8. The second-order valence-corrected chi connectivity index (χ2v) is 7.34. The van der Waals surface area contributed by atoms with Gasteiger partial charge in [0, 0.05) is 0 Å². The van der Waals surface area contributed by atoms with Crippen molar-refractivity contribution in [2.24, 2.45) is 0 Å². The number of methoxy groups -OCH3 is 2. The van der Waals surface area contributed by atoms with Crippen molar-refractivity contribution in [2.75, 3.05) is 19.2 Å². The number of rotatable bonds is 6. The first-order valence-corrected chi connectivity index (χ1v) is 10.4. The maximum Gasteiger partial charge on any atom is 0.343 e. The Morgan fingerprint density at radius 3 is 2.17 bits per heavy atom. The zero-order chi connectivity index (χ0) is 24.9. The molecule has 0 aromatic heterocycles. The third-order valence-electron chi connectivity index (χ3n) is 5.15. The van der Waals surface area contributed by atoms with Crippen LogP contribution in [0.25, 0.3) is 6.08 Å². The number of hydrogen-bond donors (Lipinski definition) is 1. The second-order valence-electron chi connectivity index (χ2n) is 7.34. The number of esters is 2. The van der Waals surface area contributed by atoms with E-state index in [9.17, 15) is 19.2 Å². The minimum absolute atomic E-state index is 0.0990. The molecule has 1 aliphatic heterocycles. The largest absolute Gasteiger partial charge is 0.493 e. The van der Waals surface area contributed by atoms with E-state index in [-0.39, 0.29) is 17.1 Å². The van der Waals surface area contributed by atoms with Crippen molar-refractivity contribution in [1.82, 2.24) is 5.43 Å². The molecule has 176 valence electrons. The molecule has 1 aliphatic rings. The summed E-state index contributed by atoms with van der Waals surface area (Å²) in [6, 6.07) is 19.2. The first kappa shape index (κ1) is 23.2. The molecule has 1 saturated heterocycles. The van der Waals surface area contributed by atoms with Gasteiger partial charge in [0.1, 0.15) is 5.57 Å². The standard InChI is InChI=1S/C26H20N2O7/c1-33-22-15-16(8-13-21(22)35-26(32)17-6-4-3-5-7-17)14-20-23(29)27-28(24(20)30)19-11-9-18(10-12-19)25(31)34-2/h3-15H,1-2H3,(H,27,29). The molecule has 2 amide bonds. The van der Waals surface area contributed by atoms with E-state index in [2.05, 4.69) is 10.2 Å². The van der Waals surface area contributed by atoms with E-state index in [1.807, 2.05) is 0 Å². The molecule has 35 heavy (non-hydrogen) atoms. The number of carbonyl (C=O) groups excluding carboxylic acids is 4. The molecule has 3 aromatic rings. The molecular formula is C26H20N2O7. The Hall–Kier alpha value is -4.92. The second kappa shape index (κ2) is 9.92. The summed E-state index contributed by atoms with van der Waals surface area (Å²) < 4.78 is 15.4. The van der Waals surface area contributed by atoms with Gasteiger partial charge in [0.25, 0.3) is 11.8 Å². The van der Waals surface area contributed by atoms with Gasteiger partial charge >= 0.3 is 11.9 Å². The Balaban J connectivity index is 1.54. The Morgan fingerprint density at radius 2 is 1.51 bits per heavy atom. The SMILES string of the molecule is COC(=O)c1ccc(N2NC(=O)C(=Cc3ccc(OC(=O)c4ccccc4)c(OC)c3)C2=O)cc1. The highest BCUT2D eigenvalue weighted by atomic mass is 16.6. The number of nitrogens with zero attached hydrogens (tertiary/aromatic N) is 1. The lowest BCUT2D eigenvalue weighted by molar-refractivity contribution is -0.117. The molecule has 9 nitrogen and oxygen atoms in total. The number of benzene rings is 3. The quantitative estimate of drug-likeness (QED) is 0.254. The summed E-state index contributed by atoms with van der Waals surface area (Å²) >= 11 is 0. The highest BCUT2D eigenvalue weighted by molar-refractivity contribution is 6.31. The van der Waals surface area contributed by atoms with Gasteiger partial charge < -0.3 is 14.2 Å². The predicted octanol–water partition coefficient (Wildman–Crippen LogP) is 3.16. The van der Waals surface area contributed by atoms with E-state index < -0.39 is 23.8 Å². The molecule has 0 aliphatic carbocycles. The molecule has 4 rings (SSSR count). The zero-order valence-electron chi connectivity index (χ0n) is 18.8. The lowest BCUT2D eigenvalue weighted by Gasteiger charge is -2.14. The van der Waals surface area contributed by atoms with E-state index >= 15 is 0 Å². The minimum Gasteiger partial charge on any atom is -0.493 e. The molecule has 1 fully saturated rings. The lowest BCUT2D eigenvalue weighted by atomic mass is 10.1. The molecule has 1 heterocycles. The van der Waals surface area contributed by atoms with Gasteiger partial charge in [-0.05, 0) is 60.2 Å². The fourth-order valence-corrected chi connectivity index (χ4v) is 3.36. The first-order chi connectivity index (χ1) is 16.9. The number of anilines is 1. The van der Waals surface area contributed by atoms with Crippen LogP contribution in [0, 0.1) is 0 Å². The Labute approximate surface area is 200 Å². The third kappa shape index (κ3) is 4.88. The summed E-state index contributed by atoms with van der Waals surface area (Å²) in [5.41, 5.74) is 3.96. The number of carbonyl (C=O) groups is 4. The fraction of sp³-hybridized carbons (Fsp3) is 0.0769. The van der Waals surface area contributed by atoms with Gasteiger partial charge in [-0.1, -0.05) is 24.3 Å². The van der Waals surface area contributed by atoms with Gasteiger partial charge in [-0.15, -0.1) is 0 Å². The summed E-state index contributed by atoms with van der Waals surface area (Å²) in [4.78, 5) is 49.4. The number of ether oxygens (including phenoxy) is 3. The van der Waals surface area contributed by atoms with E-state index in [1.165, 1.54) is 50.6 Å². The third-order valence-corrected chi connectivity index (χ3v) is 5.15. The van der Waals surface area contributed by atoms with Crippen LogP contribution in [0.4, 0.5) is 5.69 Å². The number of hydrazine groups is 1. The molecule has 0 unspecified atom stereocenters. The molecule has 0 saturated carbocycles. The van der Waals surface area contributed by atoms with Gasteiger partial charge in [0.05, 0.1) is 31.0 Å². The molecule has 0 radical (unpaired) electrons. The molecule has 0 bridgehead atoms. The van der Waals surface area contributed by atoms with Crippen molar-refractivity contribution in [1.29, 1.82) is 0 Å². The molecule has 9 heteroatoms. The van der Waals surface area contributed by atoms with E-state index in [0.717, 1.165) is 5.01 Å². The number of amides is 2. The van der Waals surface area contributed by atoms with Crippen LogP contribution in [-0.2, 0) is 14.3 Å². The van der Waals surface area contributed by atoms with Crippen LogP contribution >= 0.6 is 0 Å². The maximum atomic E-state index is 12.9. The first-order valence-electron chi connectivity index (χ1n) is 10.4. The summed E-state index contributed by atoms with van der Waals surface area (Å²) in [6.07, 6.45) is 1.41. The molecule has 3 aromatic carbocycles. The van der Waals surface area contributed by atoms with E-state index in [1.54, 1.807) is 42.5 Å². The highest BCUT2D eigenvalue weighted by Gasteiger charge is 2.34. The van der Waals surface area contributed by atoms with Crippen LogP contribution in [-0.4, -0.2) is 38.0 Å². The molecule has 0 spiro atoms. The van der Waals surface area contributed by atoms with Crippen LogP contribution in [0.15, 0.2) is 78.4 Å². The van der Waals surface area contributed by atoms with Gasteiger partial charge in [0.15, 0.2) is 11.5 Å². The Kier molecular flexibility index (Phi) is 6.59.